The Kier molecular flexibility index (Phi) is 10.6. The van der Waals surface area contributed by atoms with Gasteiger partial charge in [0.15, 0.2) is 0 Å². The van der Waals surface area contributed by atoms with Gasteiger partial charge in [0, 0.05) is 31.1 Å². The van der Waals surface area contributed by atoms with Crippen LogP contribution in [0.1, 0.15) is 110 Å². The molecule has 3 atom stereocenters. The van der Waals surface area contributed by atoms with Crippen molar-refractivity contribution >= 4 is 16.9 Å². The van der Waals surface area contributed by atoms with Crippen molar-refractivity contribution in [2.75, 3.05) is 13.1 Å². The molecule has 34 heavy (non-hydrogen) atoms. The minimum Gasteiger partial charge on any atom is -0.372 e. The first-order valence-electron chi connectivity index (χ1n) is 13.5. The largest absolute Gasteiger partial charge is 0.372 e. The maximum absolute atomic E-state index is 12.9. The quantitative estimate of drug-likeness (QED) is 0.412. The number of rotatable bonds is 8. The highest BCUT2D eigenvalue weighted by atomic mass is 16.5. The van der Waals surface area contributed by atoms with Crippen LogP contribution in [0.5, 0.6) is 0 Å². The predicted molar refractivity (Wildman–Crippen MR) is 144 cm³/mol. The molecule has 1 aromatic carbocycles. The van der Waals surface area contributed by atoms with Crippen LogP contribution in [0.25, 0.3) is 11.0 Å². The summed E-state index contributed by atoms with van der Waals surface area (Å²) >= 11 is 0. The van der Waals surface area contributed by atoms with E-state index in [1.54, 1.807) is 0 Å². The Bertz CT molecular complexity index is 907. The van der Waals surface area contributed by atoms with Crippen molar-refractivity contribution in [3.8, 4) is 0 Å². The topological polar surface area (TPSA) is 47.4 Å². The summed E-state index contributed by atoms with van der Waals surface area (Å²) in [5.74, 6) is 2.09. The van der Waals surface area contributed by atoms with E-state index in [1.807, 2.05) is 36.9 Å². The van der Waals surface area contributed by atoms with Crippen molar-refractivity contribution < 1.29 is 9.53 Å². The Balaban J connectivity index is 0.000000387. The minimum absolute atomic E-state index is 0.00696. The number of aromatic nitrogens is 2. The number of fused-ring (bicyclic) bond motifs is 1. The SMILES string of the molecule is CCC(C)(C)c1nc2cc(C(=O)N3CC(C)OC(C)C3)ccc2n1C.CCCCC(C)CCC. The van der Waals surface area contributed by atoms with Gasteiger partial charge >= 0.3 is 0 Å². The zero-order valence-corrected chi connectivity index (χ0v) is 23.3. The molecule has 1 aliphatic rings. The molecular weight excluding hydrogens is 422 g/mol. The van der Waals surface area contributed by atoms with E-state index in [9.17, 15) is 4.79 Å². The van der Waals surface area contributed by atoms with Gasteiger partial charge in [-0.2, -0.15) is 0 Å². The number of ether oxygens (including phenoxy) is 1. The van der Waals surface area contributed by atoms with Crippen molar-refractivity contribution in [2.45, 2.75) is 112 Å². The monoisotopic (exact) mass is 471 g/mol. The van der Waals surface area contributed by atoms with Crippen molar-refractivity contribution in [1.82, 2.24) is 14.5 Å². The summed E-state index contributed by atoms with van der Waals surface area (Å²) in [6.07, 6.45) is 8.13. The number of amides is 1. The van der Waals surface area contributed by atoms with Crippen LogP contribution >= 0.6 is 0 Å². The average molecular weight is 472 g/mol. The van der Waals surface area contributed by atoms with Crippen LogP contribution in [0.15, 0.2) is 18.2 Å². The standard InChI is InChI=1S/C20H29N3O2.C9H20/c1-7-20(4,5)19-21-16-10-15(8-9-17(16)22(19)6)18(24)23-11-13(2)25-14(3)12-23;1-4-6-8-9(3)7-5-2/h8-10,13-14H,7,11-12H2,1-6H3;9H,4-8H2,1-3H3. The molecule has 3 rings (SSSR count). The number of hydrogen-bond acceptors (Lipinski definition) is 3. The number of carbonyl (C=O) groups is 1. The van der Waals surface area contributed by atoms with E-state index >= 15 is 0 Å². The van der Waals surface area contributed by atoms with Gasteiger partial charge in [0.05, 0.1) is 23.2 Å². The lowest BCUT2D eigenvalue weighted by Gasteiger charge is -2.35. The molecule has 192 valence electrons. The maximum atomic E-state index is 12.9. The zero-order chi connectivity index (χ0) is 25.5. The van der Waals surface area contributed by atoms with E-state index in [2.05, 4.69) is 53.2 Å². The lowest BCUT2D eigenvalue weighted by atomic mass is 9.89. The summed E-state index contributed by atoms with van der Waals surface area (Å²) in [5, 5.41) is 0. The van der Waals surface area contributed by atoms with E-state index in [0.29, 0.717) is 18.7 Å². The van der Waals surface area contributed by atoms with E-state index < -0.39 is 0 Å². The van der Waals surface area contributed by atoms with E-state index in [-0.39, 0.29) is 23.5 Å². The molecule has 2 aromatic rings. The van der Waals surface area contributed by atoms with Crippen LogP contribution in [0, 0.1) is 5.92 Å². The van der Waals surface area contributed by atoms with Crippen LogP contribution in [0.3, 0.4) is 0 Å². The van der Waals surface area contributed by atoms with Crippen LogP contribution in [0.4, 0.5) is 0 Å². The van der Waals surface area contributed by atoms with Gasteiger partial charge in [-0.25, -0.2) is 4.98 Å². The Hall–Kier alpha value is -1.88. The van der Waals surface area contributed by atoms with Gasteiger partial charge in [0.2, 0.25) is 0 Å². The van der Waals surface area contributed by atoms with Gasteiger partial charge in [-0.1, -0.05) is 73.6 Å². The van der Waals surface area contributed by atoms with Crippen LogP contribution in [-0.4, -0.2) is 45.7 Å². The lowest BCUT2D eigenvalue weighted by molar-refractivity contribution is -0.0586. The molecular formula is C29H49N3O2. The number of morpholine rings is 1. The first kappa shape index (κ1) is 28.4. The molecule has 0 spiro atoms. The molecule has 5 nitrogen and oxygen atoms in total. The number of aryl methyl sites for hydroxylation is 1. The first-order chi connectivity index (χ1) is 16.0. The third-order valence-electron chi connectivity index (χ3n) is 7.16. The number of nitrogens with zero attached hydrogens (tertiary/aromatic N) is 3. The fourth-order valence-corrected chi connectivity index (χ4v) is 4.81. The summed E-state index contributed by atoms with van der Waals surface area (Å²) in [6, 6.07) is 5.86. The predicted octanol–water partition coefficient (Wildman–Crippen LogP) is 7.12. The van der Waals surface area contributed by atoms with Gasteiger partial charge in [0.1, 0.15) is 5.82 Å². The first-order valence-corrected chi connectivity index (χ1v) is 13.5. The molecule has 0 saturated carbocycles. The van der Waals surface area contributed by atoms with Crippen molar-refractivity contribution in [2.24, 2.45) is 13.0 Å². The number of unbranched alkanes of at least 4 members (excludes halogenated alkanes) is 1. The van der Waals surface area contributed by atoms with Crippen LogP contribution in [-0.2, 0) is 17.2 Å². The Morgan fingerprint density at radius 3 is 2.32 bits per heavy atom. The van der Waals surface area contributed by atoms with Crippen molar-refractivity contribution in [1.29, 1.82) is 0 Å². The Labute approximate surface area is 208 Å². The molecule has 1 saturated heterocycles. The average Bonchev–Trinajstić information content (AvgIpc) is 3.14. The molecule has 1 aromatic heterocycles. The summed E-state index contributed by atoms with van der Waals surface area (Å²) in [5.41, 5.74) is 2.66. The van der Waals surface area contributed by atoms with Gasteiger partial charge in [-0.15, -0.1) is 0 Å². The van der Waals surface area contributed by atoms with Gasteiger partial charge in [-0.05, 0) is 44.4 Å². The second-order valence-electron chi connectivity index (χ2n) is 10.9. The highest BCUT2D eigenvalue weighted by Gasteiger charge is 2.28. The number of carbonyl (C=O) groups excluding carboxylic acids is 1. The second-order valence-corrected chi connectivity index (χ2v) is 10.9. The van der Waals surface area contributed by atoms with Crippen molar-refractivity contribution in [3.05, 3.63) is 29.6 Å². The fraction of sp³-hybridized carbons (Fsp3) is 0.724. The smallest absolute Gasteiger partial charge is 0.254 e. The molecule has 1 amide bonds. The molecule has 0 radical (unpaired) electrons. The number of benzene rings is 1. The van der Waals surface area contributed by atoms with E-state index in [0.717, 1.165) is 29.2 Å². The summed E-state index contributed by atoms with van der Waals surface area (Å²) < 4.78 is 7.88. The molecule has 0 aliphatic carbocycles. The normalized spacial score (nSPS) is 19.6. The second kappa shape index (κ2) is 12.7. The van der Waals surface area contributed by atoms with E-state index in [4.69, 9.17) is 9.72 Å². The molecule has 1 fully saturated rings. The summed E-state index contributed by atoms with van der Waals surface area (Å²) in [6.45, 7) is 18.8. The molecule has 0 bridgehead atoms. The zero-order valence-electron chi connectivity index (χ0n) is 23.3. The van der Waals surface area contributed by atoms with Gasteiger partial charge < -0.3 is 14.2 Å². The third kappa shape index (κ3) is 7.31. The fourth-order valence-electron chi connectivity index (χ4n) is 4.81. The third-order valence-corrected chi connectivity index (χ3v) is 7.16. The molecule has 3 unspecified atom stereocenters. The van der Waals surface area contributed by atoms with Crippen molar-refractivity contribution in [3.63, 3.8) is 0 Å². The minimum atomic E-state index is 0.00696. The summed E-state index contributed by atoms with van der Waals surface area (Å²) in [7, 11) is 2.05. The van der Waals surface area contributed by atoms with E-state index in [1.165, 1.54) is 32.1 Å². The maximum Gasteiger partial charge on any atom is 0.254 e. The Morgan fingerprint density at radius 2 is 1.76 bits per heavy atom. The number of hydrogen-bond donors (Lipinski definition) is 0. The van der Waals surface area contributed by atoms with Gasteiger partial charge in [-0.3, -0.25) is 4.79 Å². The summed E-state index contributed by atoms with van der Waals surface area (Å²) in [4.78, 5) is 19.6. The van der Waals surface area contributed by atoms with Crippen LogP contribution < -0.4 is 0 Å². The van der Waals surface area contributed by atoms with Gasteiger partial charge in [0.25, 0.3) is 5.91 Å². The lowest BCUT2D eigenvalue weighted by Crippen LogP contribution is -2.48. The highest BCUT2D eigenvalue weighted by Crippen LogP contribution is 2.29. The Morgan fingerprint density at radius 1 is 1.12 bits per heavy atom. The molecule has 0 N–H and O–H groups in total. The molecule has 1 aliphatic heterocycles. The molecule has 5 heteroatoms. The molecule has 2 heterocycles. The number of imidazole rings is 1. The van der Waals surface area contributed by atoms with Crippen LogP contribution in [0.2, 0.25) is 0 Å². The highest BCUT2D eigenvalue weighted by molar-refractivity contribution is 5.97.